The summed E-state index contributed by atoms with van der Waals surface area (Å²) in [5, 5.41) is 16.3. The summed E-state index contributed by atoms with van der Waals surface area (Å²) in [6.45, 7) is 1.18. The van der Waals surface area contributed by atoms with Crippen molar-refractivity contribution in [2.24, 2.45) is 17.8 Å². The van der Waals surface area contributed by atoms with Crippen LogP contribution < -0.4 is 15.4 Å². The molecule has 5 rings (SSSR count). The lowest BCUT2D eigenvalue weighted by molar-refractivity contribution is -0.129. The number of piperidine rings is 1. The van der Waals surface area contributed by atoms with Gasteiger partial charge in [0.2, 0.25) is 11.8 Å². The Bertz CT molecular complexity index is 1200. The summed E-state index contributed by atoms with van der Waals surface area (Å²) in [7, 11) is 1.59. The molecule has 3 aliphatic rings. The van der Waals surface area contributed by atoms with E-state index in [0.717, 1.165) is 43.0 Å². The largest absolute Gasteiger partial charge is 0.496 e. The number of nitriles is 1. The number of rotatable bonds is 6. The summed E-state index contributed by atoms with van der Waals surface area (Å²) in [5.74, 6) is 0.151. The van der Waals surface area contributed by atoms with E-state index in [1.165, 1.54) is 0 Å². The van der Waals surface area contributed by atoms with Crippen LogP contribution in [-0.4, -0.2) is 59.9 Å². The zero-order valence-corrected chi connectivity index (χ0v) is 20.6. The maximum absolute atomic E-state index is 13.7. The van der Waals surface area contributed by atoms with Crippen molar-refractivity contribution < 1.29 is 19.1 Å². The van der Waals surface area contributed by atoms with Crippen molar-refractivity contribution in [3.05, 3.63) is 30.0 Å². The molecule has 0 bridgehead atoms. The van der Waals surface area contributed by atoms with Gasteiger partial charge in [-0.05, 0) is 62.1 Å². The van der Waals surface area contributed by atoms with Gasteiger partial charge in [-0.2, -0.15) is 5.26 Å². The number of H-pyrrole nitrogens is 1. The third-order valence-electron chi connectivity index (χ3n) is 8.14. The minimum Gasteiger partial charge on any atom is -0.496 e. The van der Waals surface area contributed by atoms with Crippen LogP contribution in [0.15, 0.2) is 24.3 Å². The Labute approximate surface area is 210 Å². The number of amides is 3. The van der Waals surface area contributed by atoms with E-state index in [1.807, 2.05) is 18.2 Å². The molecule has 190 valence electrons. The highest BCUT2D eigenvalue weighted by Gasteiger charge is 2.49. The molecule has 0 unspecified atom stereocenters. The first-order valence-corrected chi connectivity index (χ1v) is 12.9. The van der Waals surface area contributed by atoms with Crippen molar-refractivity contribution in [1.82, 2.24) is 20.5 Å². The maximum atomic E-state index is 13.7. The Kier molecular flexibility index (Phi) is 6.86. The van der Waals surface area contributed by atoms with E-state index in [1.54, 1.807) is 18.1 Å². The molecule has 1 saturated carbocycles. The quantitative estimate of drug-likeness (QED) is 0.573. The molecule has 1 aromatic heterocycles. The topological polar surface area (TPSA) is 127 Å². The molecule has 3 N–H and O–H groups in total. The summed E-state index contributed by atoms with van der Waals surface area (Å²) in [6, 6.07) is 8.14. The number of fused-ring (bicyclic) bond motifs is 2. The van der Waals surface area contributed by atoms with E-state index in [2.05, 4.69) is 21.7 Å². The second-order valence-corrected chi connectivity index (χ2v) is 10.3. The van der Waals surface area contributed by atoms with Gasteiger partial charge in [-0.25, -0.2) is 0 Å². The number of hydrogen-bond acceptors (Lipinski definition) is 5. The van der Waals surface area contributed by atoms with Gasteiger partial charge < -0.3 is 25.3 Å². The number of hydrogen-bond donors (Lipinski definition) is 3. The third kappa shape index (κ3) is 4.52. The molecule has 36 heavy (non-hydrogen) atoms. The van der Waals surface area contributed by atoms with E-state index in [9.17, 15) is 19.6 Å². The average Bonchev–Trinajstić information content (AvgIpc) is 3.51. The maximum Gasteiger partial charge on any atom is 0.271 e. The fourth-order valence-electron chi connectivity index (χ4n) is 6.34. The van der Waals surface area contributed by atoms with Crippen LogP contribution in [-0.2, 0) is 9.59 Å². The molecule has 3 fully saturated rings. The van der Waals surface area contributed by atoms with Gasteiger partial charge in [-0.3, -0.25) is 14.4 Å². The van der Waals surface area contributed by atoms with Crippen LogP contribution in [0.1, 0.15) is 55.4 Å². The fraction of sp³-hybridized carbons (Fsp3) is 0.556. The number of likely N-dealkylation sites (tertiary alicyclic amines) is 1. The Morgan fingerprint density at radius 1 is 1.25 bits per heavy atom. The van der Waals surface area contributed by atoms with Crippen LogP contribution in [0.4, 0.5) is 0 Å². The Balaban J connectivity index is 1.38. The molecule has 9 nitrogen and oxygen atoms in total. The van der Waals surface area contributed by atoms with Gasteiger partial charge in [-0.15, -0.1) is 0 Å². The highest BCUT2D eigenvalue weighted by Crippen LogP contribution is 2.41. The van der Waals surface area contributed by atoms with Crippen LogP contribution in [0.2, 0.25) is 0 Å². The van der Waals surface area contributed by atoms with Gasteiger partial charge in [0.15, 0.2) is 0 Å². The standard InChI is InChI=1S/C27H33N5O4/c1-36-23-10-4-9-21-20(23)13-22(31-21)27(35)32-15-17-6-2-3-8-19(17)24(32)26(34)30-18(14-28)12-16-7-5-11-29-25(16)33/h4,9-10,13,16-19,24,31H,2-3,5-8,11-12,15H2,1H3,(H,29,33)(H,30,34)/t16-,17-,18-,19-,24-/m0/s1. The van der Waals surface area contributed by atoms with Crippen molar-refractivity contribution >= 4 is 28.6 Å². The molecule has 2 aliphatic heterocycles. The van der Waals surface area contributed by atoms with E-state index in [0.29, 0.717) is 31.0 Å². The first kappa shape index (κ1) is 24.2. The van der Waals surface area contributed by atoms with Gasteiger partial charge in [0.05, 0.1) is 13.2 Å². The highest BCUT2D eigenvalue weighted by atomic mass is 16.5. The summed E-state index contributed by atoms with van der Waals surface area (Å²) >= 11 is 0. The van der Waals surface area contributed by atoms with Crippen LogP contribution in [0.25, 0.3) is 10.9 Å². The molecule has 5 atom stereocenters. The van der Waals surface area contributed by atoms with Crippen LogP contribution in [0.5, 0.6) is 5.75 Å². The lowest BCUT2D eigenvalue weighted by Gasteiger charge is -2.30. The molecule has 0 spiro atoms. The Hall–Kier alpha value is -3.54. The smallest absolute Gasteiger partial charge is 0.271 e. The molecule has 2 saturated heterocycles. The number of aromatic amines is 1. The van der Waals surface area contributed by atoms with Crippen molar-refractivity contribution in [2.75, 3.05) is 20.2 Å². The van der Waals surface area contributed by atoms with Gasteiger partial charge in [0, 0.05) is 29.9 Å². The van der Waals surface area contributed by atoms with Gasteiger partial charge in [0.25, 0.3) is 5.91 Å². The number of carbonyl (C=O) groups excluding carboxylic acids is 3. The SMILES string of the molecule is COc1cccc2[nH]c(C(=O)N3C[C@@H]4CCCC[C@@H]4[C@H]3C(=O)N[C@H](C#N)C[C@@H]3CCCNC3=O)cc12. The summed E-state index contributed by atoms with van der Waals surface area (Å²) < 4.78 is 5.44. The van der Waals surface area contributed by atoms with Crippen LogP contribution in [0.3, 0.4) is 0 Å². The third-order valence-corrected chi connectivity index (χ3v) is 8.14. The van der Waals surface area contributed by atoms with Crippen LogP contribution in [0, 0.1) is 29.1 Å². The van der Waals surface area contributed by atoms with Crippen molar-refractivity contribution in [3.63, 3.8) is 0 Å². The first-order valence-electron chi connectivity index (χ1n) is 12.9. The molecule has 2 aromatic rings. The van der Waals surface area contributed by atoms with Crippen molar-refractivity contribution in [1.29, 1.82) is 5.26 Å². The lowest BCUT2D eigenvalue weighted by atomic mass is 9.78. The molecule has 3 amide bonds. The predicted molar refractivity (Wildman–Crippen MR) is 133 cm³/mol. The minimum atomic E-state index is -0.775. The fourth-order valence-corrected chi connectivity index (χ4v) is 6.34. The zero-order valence-electron chi connectivity index (χ0n) is 20.6. The molecule has 0 radical (unpaired) electrons. The Morgan fingerprint density at radius 3 is 2.86 bits per heavy atom. The number of carbonyl (C=O) groups is 3. The number of aromatic nitrogens is 1. The van der Waals surface area contributed by atoms with E-state index >= 15 is 0 Å². The van der Waals surface area contributed by atoms with Gasteiger partial charge in [-0.1, -0.05) is 18.9 Å². The molecule has 9 heteroatoms. The number of methoxy groups -OCH3 is 1. The number of nitrogens with zero attached hydrogens (tertiary/aromatic N) is 2. The minimum absolute atomic E-state index is 0.0602. The predicted octanol–water partition coefficient (Wildman–Crippen LogP) is 2.73. The number of nitrogens with one attached hydrogen (secondary N) is 3. The van der Waals surface area contributed by atoms with Crippen molar-refractivity contribution in [3.8, 4) is 11.8 Å². The summed E-state index contributed by atoms with van der Waals surface area (Å²) in [5.41, 5.74) is 1.22. The Morgan fingerprint density at radius 2 is 2.08 bits per heavy atom. The molecule has 3 heterocycles. The first-order chi connectivity index (χ1) is 17.5. The molecular formula is C27H33N5O4. The van der Waals surface area contributed by atoms with Gasteiger partial charge in [0.1, 0.15) is 23.5 Å². The monoisotopic (exact) mass is 491 g/mol. The number of ether oxygens (including phenoxy) is 1. The molecule has 1 aliphatic carbocycles. The van der Waals surface area contributed by atoms with Gasteiger partial charge >= 0.3 is 0 Å². The van der Waals surface area contributed by atoms with Crippen LogP contribution >= 0.6 is 0 Å². The normalized spacial score (nSPS) is 26.6. The highest BCUT2D eigenvalue weighted by molar-refractivity contribution is 6.02. The second kappa shape index (κ2) is 10.2. The van der Waals surface area contributed by atoms with E-state index < -0.39 is 12.1 Å². The average molecular weight is 492 g/mol. The summed E-state index contributed by atoms with van der Waals surface area (Å²) in [6.07, 6.45) is 5.86. The zero-order chi connectivity index (χ0) is 25.2. The van der Waals surface area contributed by atoms with E-state index in [4.69, 9.17) is 4.74 Å². The van der Waals surface area contributed by atoms with E-state index in [-0.39, 0.29) is 41.9 Å². The van der Waals surface area contributed by atoms with Crippen molar-refractivity contribution in [2.45, 2.75) is 57.0 Å². The lowest BCUT2D eigenvalue weighted by Crippen LogP contribution is -2.52. The molecule has 1 aromatic carbocycles. The number of benzene rings is 1. The molecular weight excluding hydrogens is 458 g/mol. The second-order valence-electron chi connectivity index (χ2n) is 10.3. The summed E-state index contributed by atoms with van der Waals surface area (Å²) in [4.78, 5) is 44.5.